The smallest absolute Gasteiger partial charge is 0.128 e. The van der Waals surface area contributed by atoms with E-state index in [4.69, 9.17) is 23.2 Å². The zero-order valence-electron chi connectivity index (χ0n) is 10.0. The molecule has 0 aliphatic heterocycles. The molecule has 0 aliphatic rings. The van der Waals surface area contributed by atoms with Gasteiger partial charge in [0.15, 0.2) is 0 Å². The SMILES string of the molecule is Cc1ccnc(N)c1C(NN)c1cccc(Cl)c1. The Morgan fingerprint density at radius 1 is 1.33 bits per heavy atom. The third-order valence-electron chi connectivity index (χ3n) is 2.88. The summed E-state index contributed by atoms with van der Waals surface area (Å²) in [4.78, 5) is 4.11. The van der Waals surface area contributed by atoms with Crippen molar-refractivity contribution < 1.29 is 0 Å². The molecule has 4 nitrogen and oxygen atoms in total. The number of hydrogen-bond donors (Lipinski definition) is 3. The first-order chi connectivity index (χ1) is 8.63. The van der Waals surface area contributed by atoms with E-state index in [9.17, 15) is 0 Å². The lowest BCUT2D eigenvalue weighted by molar-refractivity contribution is 0.633. The predicted octanol–water partition coefficient (Wildman–Crippen LogP) is 2.18. The molecular weight excluding hydrogens is 248 g/mol. The molecule has 5 N–H and O–H groups in total. The van der Waals surface area contributed by atoms with Gasteiger partial charge in [-0.15, -0.1) is 0 Å². The highest BCUT2D eigenvalue weighted by molar-refractivity contribution is 6.30. The average molecular weight is 263 g/mol. The molecule has 0 saturated heterocycles. The van der Waals surface area contributed by atoms with Crippen molar-refractivity contribution in [2.75, 3.05) is 5.73 Å². The van der Waals surface area contributed by atoms with Crippen molar-refractivity contribution in [1.82, 2.24) is 10.4 Å². The van der Waals surface area contributed by atoms with Gasteiger partial charge in [0.1, 0.15) is 5.82 Å². The first kappa shape index (κ1) is 12.8. The molecule has 0 bridgehead atoms. The largest absolute Gasteiger partial charge is 0.383 e. The van der Waals surface area contributed by atoms with Crippen molar-refractivity contribution in [2.24, 2.45) is 5.84 Å². The molecule has 2 aromatic rings. The number of hydrogen-bond acceptors (Lipinski definition) is 4. The van der Waals surface area contributed by atoms with Crippen molar-refractivity contribution in [2.45, 2.75) is 13.0 Å². The topological polar surface area (TPSA) is 77.0 Å². The molecule has 0 spiro atoms. The Balaban J connectivity index is 2.52. The third kappa shape index (κ3) is 2.46. The number of hydrazine groups is 1. The van der Waals surface area contributed by atoms with Crippen molar-refractivity contribution in [3.8, 4) is 0 Å². The Kier molecular flexibility index (Phi) is 3.81. The van der Waals surface area contributed by atoms with Crippen LogP contribution in [-0.4, -0.2) is 4.98 Å². The van der Waals surface area contributed by atoms with E-state index in [1.165, 1.54) is 0 Å². The normalized spacial score (nSPS) is 12.4. The standard InChI is InChI=1S/C13H15ClN4/c1-8-5-6-17-13(15)11(8)12(18-16)9-3-2-4-10(14)7-9/h2-7,12,18H,16H2,1H3,(H2,15,17). The number of halogens is 1. The van der Waals surface area contributed by atoms with E-state index in [0.29, 0.717) is 10.8 Å². The Labute approximate surface area is 111 Å². The van der Waals surface area contributed by atoms with Gasteiger partial charge in [-0.05, 0) is 36.2 Å². The summed E-state index contributed by atoms with van der Waals surface area (Å²) < 4.78 is 0. The van der Waals surface area contributed by atoms with Crippen LogP contribution < -0.4 is 17.0 Å². The summed E-state index contributed by atoms with van der Waals surface area (Å²) in [6, 6.07) is 9.18. The minimum atomic E-state index is -0.225. The van der Waals surface area contributed by atoms with Crippen molar-refractivity contribution in [1.29, 1.82) is 0 Å². The van der Waals surface area contributed by atoms with E-state index in [1.54, 1.807) is 6.20 Å². The van der Waals surface area contributed by atoms with E-state index in [2.05, 4.69) is 10.4 Å². The minimum absolute atomic E-state index is 0.225. The van der Waals surface area contributed by atoms with Crippen LogP contribution in [0.2, 0.25) is 5.02 Å². The molecule has 2 rings (SSSR count). The second kappa shape index (κ2) is 5.35. The molecule has 0 radical (unpaired) electrons. The number of anilines is 1. The van der Waals surface area contributed by atoms with Gasteiger partial charge >= 0.3 is 0 Å². The molecule has 1 aromatic carbocycles. The van der Waals surface area contributed by atoms with Crippen LogP contribution in [0.5, 0.6) is 0 Å². The first-order valence-electron chi connectivity index (χ1n) is 5.56. The van der Waals surface area contributed by atoms with E-state index in [0.717, 1.165) is 16.7 Å². The van der Waals surface area contributed by atoms with Gasteiger partial charge < -0.3 is 5.73 Å². The van der Waals surface area contributed by atoms with Gasteiger partial charge in [0, 0.05) is 16.8 Å². The summed E-state index contributed by atoms with van der Waals surface area (Å²) in [5, 5.41) is 0.660. The molecular formula is C13H15ClN4. The zero-order valence-corrected chi connectivity index (χ0v) is 10.8. The molecule has 1 unspecified atom stereocenters. The lowest BCUT2D eigenvalue weighted by atomic mass is 9.96. The first-order valence-corrected chi connectivity index (χ1v) is 5.94. The van der Waals surface area contributed by atoms with Gasteiger partial charge in [0.25, 0.3) is 0 Å². The summed E-state index contributed by atoms with van der Waals surface area (Å²) in [7, 11) is 0. The van der Waals surface area contributed by atoms with Crippen molar-refractivity contribution in [3.63, 3.8) is 0 Å². The monoisotopic (exact) mass is 262 g/mol. The maximum absolute atomic E-state index is 6.00. The molecule has 0 fully saturated rings. The second-order valence-electron chi connectivity index (χ2n) is 4.08. The Hall–Kier alpha value is -1.62. The fourth-order valence-electron chi connectivity index (χ4n) is 2.00. The Morgan fingerprint density at radius 3 is 2.72 bits per heavy atom. The number of benzene rings is 1. The van der Waals surface area contributed by atoms with Gasteiger partial charge in [0.2, 0.25) is 0 Å². The van der Waals surface area contributed by atoms with E-state index in [1.807, 2.05) is 37.3 Å². The average Bonchev–Trinajstić information content (AvgIpc) is 2.34. The molecule has 94 valence electrons. The fraction of sp³-hybridized carbons (Fsp3) is 0.154. The van der Waals surface area contributed by atoms with Gasteiger partial charge in [-0.2, -0.15) is 0 Å². The highest BCUT2D eigenvalue weighted by Gasteiger charge is 2.18. The van der Waals surface area contributed by atoms with Crippen LogP contribution in [0.3, 0.4) is 0 Å². The van der Waals surface area contributed by atoms with E-state index >= 15 is 0 Å². The molecule has 1 heterocycles. The van der Waals surface area contributed by atoms with Crippen molar-refractivity contribution in [3.05, 3.63) is 58.2 Å². The molecule has 0 aliphatic carbocycles. The predicted molar refractivity (Wildman–Crippen MR) is 74.0 cm³/mol. The fourth-order valence-corrected chi connectivity index (χ4v) is 2.20. The summed E-state index contributed by atoms with van der Waals surface area (Å²) in [6.07, 6.45) is 1.68. The summed E-state index contributed by atoms with van der Waals surface area (Å²) >= 11 is 6.00. The molecule has 18 heavy (non-hydrogen) atoms. The summed E-state index contributed by atoms with van der Waals surface area (Å²) in [5.74, 6) is 6.12. The minimum Gasteiger partial charge on any atom is -0.383 e. The lowest BCUT2D eigenvalue weighted by Crippen LogP contribution is -2.30. The quantitative estimate of drug-likeness (QED) is 0.585. The maximum atomic E-state index is 6.00. The number of nitrogen functional groups attached to an aromatic ring is 1. The molecule has 1 aromatic heterocycles. The van der Waals surface area contributed by atoms with Gasteiger partial charge in [0.05, 0.1) is 6.04 Å². The van der Waals surface area contributed by atoms with Gasteiger partial charge in [-0.3, -0.25) is 5.84 Å². The van der Waals surface area contributed by atoms with Crippen LogP contribution in [0, 0.1) is 6.92 Å². The number of rotatable bonds is 3. The van der Waals surface area contributed by atoms with Crippen LogP contribution in [0.15, 0.2) is 36.5 Å². The molecule has 5 heteroatoms. The van der Waals surface area contributed by atoms with Crippen LogP contribution in [-0.2, 0) is 0 Å². The highest BCUT2D eigenvalue weighted by atomic mass is 35.5. The third-order valence-corrected chi connectivity index (χ3v) is 3.11. The van der Waals surface area contributed by atoms with E-state index < -0.39 is 0 Å². The van der Waals surface area contributed by atoms with Crippen LogP contribution in [0.1, 0.15) is 22.7 Å². The number of nitrogens with one attached hydrogen (secondary N) is 1. The number of nitrogens with two attached hydrogens (primary N) is 2. The lowest BCUT2D eigenvalue weighted by Gasteiger charge is -2.20. The van der Waals surface area contributed by atoms with Crippen LogP contribution >= 0.6 is 11.6 Å². The van der Waals surface area contributed by atoms with Gasteiger partial charge in [-0.25, -0.2) is 10.4 Å². The van der Waals surface area contributed by atoms with Crippen LogP contribution in [0.4, 0.5) is 5.82 Å². The molecule has 0 amide bonds. The maximum Gasteiger partial charge on any atom is 0.128 e. The summed E-state index contributed by atoms with van der Waals surface area (Å²) in [6.45, 7) is 1.97. The second-order valence-corrected chi connectivity index (χ2v) is 4.52. The number of nitrogens with zero attached hydrogens (tertiary/aromatic N) is 1. The zero-order chi connectivity index (χ0) is 13.1. The summed E-state index contributed by atoms with van der Waals surface area (Å²) in [5.41, 5.74) is 11.6. The number of aromatic nitrogens is 1. The Bertz CT molecular complexity index is 536. The number of aryl methyl sites for hydroxylation is 1. The van der Waals surface area contributed by atoms with Gasteiger partial charge in [-0.1, -0.05) is 23.7 Å². The highest BCUT2D eigenvalue weighted by Crippen LogP contribution is 2.28. The number of pyridine rings is 1. The molecule has 1 atom stereocenters. The van der Waals surface area contributed by atoms with Crippen molar-refractivity contribution >= 4 is 17.4 Å². The van der Waals surface area contributed by atoms with E-state index in [-0.39, 0.29) is 6.04 Å². The van der Waals surface area contributed by atoms with Crippen LogP contribution in [0.25, 0.3) is 0 Å². The Morgan fingerprint density at radius 2 is 2.11 bits per heavy atom. The molecule has 0 saturated carbocycles.